The van der Waals surface area contributed by atoms with Crippen molar-refractivity contribution in [3.63, 3.8) is 0 Å². The molecular weight excluding hydrogens is 553 g/mol. The summed E-state index contributed by atoms with van der Waals surface area (Å²) < 4.78 is 21.6. The molecule has 192 valence electrons. The summed E-state index contributed by atoms with van der Waals surface area (Å²) in [6, 6.07) is 2.80. The highest BCUT2D eigenvalue weighted by Crippen LogP contribution is 2.50. The normalized spacial score (nSPS) is 20.7. The summed E-state index contributed by atoms with van der Waals surface area (Å²) in [5.41, 5.74) is 6.72. The number of nitrogens with two attached hydrogens (primary N) is 1. The minimum Gasteiger partial charge on any atom is -0.465 e. The third kappa shape index (κ3) is 4.43. The maximum atomic E-state index is 15.6. The Balaban J connectivity index is 1.99. The highest BCUT2D eigenvalue weighted by atomic mass is 79.9. The predicted octanol–water partition coefficient (Wildman–Crippen LogP) is 5.39. The number of thioether (sulfide) groups is 1. The second-order valence-electron chi connectivity index (χ2n) is 9.94. The van der Waals surface area contributed by atoms with E-state index in [1.165, 1.54) is 21.6 Å². The van der Waals surface area contributed by atoms with Crippen molar-refractivity contribution in [2.24, 2.45) is 5.92 Å². The maximum absolute atomic E-state index is 15.6. The van der Waals surface area contributed by atoms with Gasteiger partial charge in [-0.1, -0.05) is 0 Å². The molecule has 36 heavy (non-hydrogen) atoms. The van der Waals surface area contributed by atoms with Gasteiger partial charge >= 0.3 is 12.2 Å². The average Bonchev–Trinajstić information content (AvgIpc) is 3.39. The highest BCUT2D eigenvalue weighted by Gasteiger charge is 2.58. The summed E-state index contributed by atoms with van der Waals surface area (Å²) in [7, 11) is 0. The van der Waals surface area contributed by atoms with Gasteiger partial charge in [0, 0.05) is 24.3 Å². The number of aryl methyl sites for hydroxylation is 1. The molecular formula is C24H27BrFN5O4S. The summed E-state index contributed by atoms with van der Waals surface area (Å²) in [5, 5.41) is 19.4. The lowest BCUT2D eigenvalue weighted by Gasteiger charge is -2.44. The number of anilines is 2. The number of carbonyl (C=O) groups is 2. The van der Waals surface area contributed by atoms with E-state index in [-0.39, 0.29) is 46.7 Å². The lowest BCUT2D eigenvalue weighted by atomic mass is 9.78. The van der Waals surface area contributed by atoms with Gasteiger partial charge in [0.1, 0.15) is 16.1 Å². The molecule has 1 aliphatic carbocycles. The minimum atomic E-state index is -1.06. The number of nitrogen functional groups attached to an aromatic ring is 1. The van der Waals surface area contributed by atoms with Crippen molar-refractivity contribution in [3.8, 4) is 6.07 Å². The van der Waals surface area contributed by atoms with E-state index < -0.39 is 35.7 Å². The zero-order valence-corrected chi connectivity index (χ0v) is 22.7. The second-order valence-corrected chi connectivity index (χ2v) is 11.5. The van der Waals surface area contributed by atoms with E-state index in [9.17, 15) is 14.7 Å². The largest absolute Gasteiger partial charge is 0.465 e. The summed E-state index contributed by atoms with van der Waals surface area (Å²) in [6.07, 6.45) is 1.06. The summed E-state index contributed by atoms with van der Waals surface area (Å²) >= 11 is 4.51. The molecule has 0 spiro atoms. The van der Waals surface area contributed by atoms with Crippen LogP contribution in [0.1, 0.15) is 39.2 Å². The molecule has 2 aliphatic heterocycles. The lowest BCUT2D eigenvalue weighted by Crippen LogP contribution is -2.58. The van der Waals surface area contributed by atoms with Crippen molar-refractivity contribution in [2.45, 2.75) is 62.7 Å². The molecule has 3 fully saturated rings. The fraction of sp³-hybridized carbons (Fsp3) is 0.500. The molecule has 9 nitrogen and oxygen atoms in total. The number of nitrogens with zero attached hydrogens (tertiary/aromatic N) is 4. The van der Waals surface area contributed by atoms with E-state index in [4.69, 9.17) is 15.7 Å². The number of carboxylic acid groups (broad SMARTS) is 1. The third-order valence-electron chi connectivity index (χ3n) is 6.54. The van der Waals surface area contributed by atoms with Gasteiger partial charge in [-0.3, -0.25) is 4.90 Å². The van der Waals surface area contributed by atoms with Crippen molar-refractivity contribution in [2.75, 3.05) is 23.4 Å². The van der Waals surface area contributed by atoms with Crippen LogP contribution in [0.15, 0.2) is 15.6 Å². The van der Waals surface area contributed by atoms with Gasteiger partial charge in [-0.05, 0) is 67.4 Å². The Morgan fingerprint density at radius 3 is 2.72 bits per heavy atom. The number of benzene rings is 1. The van der Waals surface area contributed by atoms with E-state index in [0.29, 0.717) is 22.4 Å². The minimum absolute atomic E-state index is 0.0199. The monoisotopic (exact) mass is 579 g/mol. The van der Waals surface area contributed by atoms with Crippen LogP contribution in [0.5, 0.6) is 0 Å². The molecule has 12 heteroatoms. The number of ether oxygens (including phenoxy) is 1. The molecule has 3 aliphatic rings. The van der Waals surface area contributed by atoms with E-state index in [1.807, 2.05) is 0 Å². The molecule has 0 radical (unpaired) electrons. The average molecular weight is 580 g/mol. The number of hydrogen-bond acceptors (Lipinski definition) is 7. The third-order valence-corrected chi connectivity index (χ3v) is 8.09. The van der Waals surface area contributed by atoms with Crippen LogP contribution in [0, 0.1) is 23.1 Å². The quantitative estimate of drug-likeness (QED) is 0.450. The SMILES string of the molecule is CSc1nc2c(F)c(Br)c(CCC#N)cc2c(N(C(=O)OC(C)(C)C)C2C3CC2N(C(=O)O)C3)c1N. The van der Waals surface area contributed by atoms with Crippen molar-refractivity contribution in [1.29, 1.82) is 5.26 Å². The van der Waals surface area contributed by atoms with E-state index >= 15 is 4.39 Å². The van der Waals surface area contributed by atoms with Gasteiger partial charge in [0.15, 0.2) is 5.82 Å². The molecule has 3 unspecified atom stereocenters. The Labute approximate surface area is 220 Å². The van der Waals surface area contributed by atoms with E-state index in [0.717, 1.165) is 0 Å². The van der Waals surface area contributed by atoms with Gasteiger partial charge in [0.2, 0.25) is 0 Å². The molecule has 2 bridgehead atoms. The van der Waals surface area contributed by atoms with Crippen LogP contribution >= 0.6 is 27.7 Å². The second kappa shape index (κ2) is 9.59. The first-order valence-electron chi connectivity index (χ1n) is 11.4. The smallest absolute Gasteiger partial charge is 0.415 e. The van der Waals surface area contributed by atoms with Crippen LogP contribution in [-0.2, 0) is 11.2 Å². The molecule has 1 aromatic heterocycles. The standard InChI is InChI=1S/C24H27BrFN5O4S/c1-24(2,3)35-23(34)31(19-12-9-14(19)30(10-12)22(32)33)20-13-8-11(6-5-7-27)15(25)16(26)18(13)29-21(36-4)17(20)28/h8,12,14,19H,5-6,9-10,28H2,1-4H3,(H,32,33). The summed E-state index contributed by atoms with van der Waals surface area (Å²) in [6.45, 7) is 5.50. The van der Waals surface area contributed by atoms with Gasteiger partial charge < -0.3 is 20.5 Å². The zero-order valence-electron chi connectivity index (χ0n) is 20.3. The molecule has 3 atom stereocenters. The zero-order chi connectivity index (χ0) is 26.5. The van der Waals surface area contributed by atoms with Gasteiger partial charge in [-0.25, -0.2) is 19.0 Å². The number of halogens is 2. The Bertz CT molecular complexity index is 1290. The fourth-order valence-electron chi connectivity index (χ4n) is 5.02. The van der Waals surface area contributed by atoms with Crippen LogP contribution in [-0.4, -0.2) is 57.7 Å². The first-order valence-corrected chi connectivity index (χ1v) is 13.4. The van der Waals surface area contributed by atoms with Crippen molar-refractivity contribution in [1.82, 2.24) is 9.88 Å². The van der Waals surface area contributed by atoms with Crippen LogP contribution < -0.4 is 10.6 Å². The molecule has 3 N–H and O–H groups in total. The number of fused-ring (bicyclic) bond motifs is 2. The van der Waals surface area contributed by atoms with Gasteiger partial charge in [0.25, 0.3) is 0 Å². The van der Waals surface area contributed by atoms with Gasteiger partial charge in [0.05, 0.1) is 34.0 Å². The molecule has 5 rings (SSSR count). The number of nitriles is 1. The van der Waals surface area contributed by atoms with Crippen LogP contribution in [0.25, 0.3) is 10.9 Å². The number of aromatic nitrogens is 1. The topological polar surface area (TPSA) is 133 Å². The fourth-order valence-corrected chi connectivity index (χ4v) is 6.02. The summed E-state index contributed by atoms with van der Waals surface area (Å²) in [5.74, 6) is -0.734. The van der Waals surface area contributed by atoms with Gasteiger partial charge in [-0.15, -0.1) is 11.8 Å². The Morgan fingerprint density at radius 2 is 2.17 bits per heavy atom. The maximum Gasteiger partial charge on any atom is 0.415 e. The number of rotatable bonds is 5. The number of pyridine rings is 1. The first kappa shape index (κ1) is 26.3. The molecule has 1 aromatic carbocycles. The number of amides is 2. The highest BCUT2D eigenvalue weighted by molar-refractivity contribution is 9.10. The van der Waals surface area contributed by atoms with Crippen LogP contribution in [0.2, 0.25) is 0 Å². The van der Waals surface area contributed by atoms with Crippen molar-refractivity contribution < 1.29 is 23.8 Å². The Morgan fingerprint density at radius 1 is 1.47 bits per heavy atom. The predicted molar refractivity (Wildman–Crippen MR) is 139 cm³/mol. The van der Waals surface area contributed by atoms with Crippen molar-refractivity contribution in [3.05, 3.63) is 21.9 Å². The summed E-state index contributed by atoms with van der Waals surface area (Å²) in [4.78, 5) is 32.7. The van der Waals surface area contributed by atoms with Crippen molar-refractivity contribution >= 4 is 62.2 Å². The Kier molecular flexibility index (Phi) is 7.00. The van der Waals surface area contributed by atoms with E-state index in [1.54, 1.807) is 33.1 Å². The Hall–Kier alpha value is -2.78. The molecule has 3 heterocycles. The van der Waals surface area contributed by atoms with E-state index in [2.05, 4.69) is 27.0 Å². The van der Waals surface area contributed by atoms with Crippen LogP contribution in [0.4, 0.5) is 25.4 Å². The first-order chi connectivity index (χ1) is 16.9. The molecule has 2 saturated heterocycles. The van der Waals surface area contributed by atoms with Crippen LogP contribution in [0.3, 0.4) is 0 Å². The number of hydrogen-bond donors (Lipinski definition) is 2. The number of carbonyl (C=O) groups excluding carboxylic acids is 1. The van der Waals surface area contributed by atoms with Gasteiger partial charge in [-0.2, -0.15) is 5.26 Å². The lowest BCUT2D eigenvalue weighted by molar-refractivity contribution is 0.0518. The molecule has 2 amide bonds. The molecule has 1 saturated carbocycles. The molecule has 2 aromatic rings.